The second-order valence-corrected chi connectivity index (χ2v) is 12.0. The van der Waals surface area contributed by atoms with Gasteiger partial charge in [0.25, 0.3) is 26.2 Å². The molecule has 0 aliphatic carbocycles. The number of azo groups is 2. The number of carboxylic acid groups (broad SMARTS) is 1. The summed E-state index contributed by atoms with van der Waals surface area (Å²) >= 11 is 0.162. The number of carbonyl (C=O) groups excluding carboxylic acids is 1. The lowest BCUT2D eigenvalue weighted by Crippen LogP contribution is -2.07. The number of aromatic amines is 1. The number of carboxylic acids is 1. The third-order valence-corrected chi connectivity index (χ3v) is 7.79. The molecule has 1 amide bonds. The molecule has 46 heavy (non-hydrogen) atoms. The largest absolute Gasteiger partial charge is 0.505 e. The van der Waals surface area contributed by atoms with Gasteiger partial charge in [-0.15, -0.1) is 35.0 Å². The number of amides is 1. The molecule has 1 aromatic heterocycles. The smallest absolute Gasteiger partial charge is 0.373 e. The van der Waals surface area contributed by atoms with E-state index in [-0.39, 0.29) is 28.0 Å². The number of aromatic hydroxyl groups is 2. The summed E-state index contributed by atoms with van der Waals surface area (Å²) < 4.78 is 72.2. The molecule has 0 radical (unpaired) electrons. The van der Waals surface area contributed by atoms with Gasteiger partial charge in [0.2, 0.25) is 11.7 Å². The summed E-state index contributed by atoms with van der Waals surface area (Å²) in [4.78, 5) is 22.3. The maximum atomic E-state index is 12.2. The Hall–Kier alpha value is -5.15. The number of rotatable bonds is 11. The van der Waals surface area contributed by atoms with Crippen LogP contribution in [0, 0.1) is 0 Å². The van der Waals surface area contributed by atoms with Crippen molar-refractivity contribution in [3.63, 3.8) is 0 Å². The minimum atomic E-state index is -5.18. The summed E-state index contributed by atoms with van der Waals surface area (Å²) in [6.07, 6.45) is 0. The van der Waals surface area contributed by atoms with E-state index in [0.717, 1.165) is 31.2 Å². The summed E-state index contributed by atoms with van der Waals surface area (Å²) in [5.74, 6) is -5.44. The van der Waals surface area contributed by atoms with Crippen LogP contribution in [-0.2, 0) is 34.4 Å². The molecule has 0 saturated heterocycles. The molecule has 0 aliphatic heterocycles. The SMILES string of the molecule is CC(=O)Nc1ccc(N=Nc2c(SOOO)cc3cc(S(=O)(=O)O)c(N=Nc4nnc(C(=O)O)[nH]4)c(O)c3c2O)c(S(=O)(=O)O)c1. The zero-order chi connectivity index (χ0) is 34.0. The number of nitrogens with zero attached hydrogens (tertiary/aromatic N) is 6. The fraction of sp³-hybridized carbons (Fsp3) is 0.0476. The van der Waals surface area contributed by atoms with Crippen LogP contribution in [-0.4, -0.2) is 73.6 Å². The fourth-order valence-electron chi connectivity index (χ4n) is 3.65. The van der Waals surface area contributed by atoms with Gasteiger partial charge in [0.15, 0.2) is 11.5 Å². The van der Waals surface area contributed by atoms with Gasteiger partial charge in [-0.1, -0.05) is 5.04 Å². The van der Waals surface area contributed by atoms with Crippen LogP contribution in [0.15, 0.2) is 65.5 Å². The van der Waals surface area contributed by atoms with E-state index in [1.54, 1.807) is 0 Å². The standard InChI is InChI=1S/C21H16N8O14S3/c1-7(30)22-9-2-3-10(12(6-9)45(36,37)38)24-25-15-11(44-43-42-35)4-8-5-13(46(39,40)41)16(18(32)14(8)17(15)31)26-28-21-23-19(20(33)34)27-29-21/h2-6,31-32,35H,1H3,(H,22,30)(H,33,34)(H,23,27,29)(H,36,37,38)(H,39,40,41). The molecule has 3 aromatic carbocycles. The molecular formula is C21H16N8O14S3. The van der Waals surface area contributed by atoms with Gasteiger partial charge in [-0.3, -0.25) is 18.9 Å². The first-order valence-electron chi connectivity index (χ1n) is 11.6. The minimum Gasteiger partial charge on any atom is -0.505 e. The van der Waals surface area contributed by atoms with Crippen molar-refractivity contribution in [2.75, 3.05) is 5.32 Å². The lowest BCUT2D eigenvalue weighted by Gasteiger charge is -2.13. The Kier molecular flexibility index (Phi) is 9.58. The number of nitrogens with one attached hydrogen (secondary N) is 2. The molecule has 0 aliphatic rings. The second kappa shape index (κ2) is 13.1. The molecular weight excluding hydrogens is 684 g/mol. The van der Waals surface area contributed by atoms with Gasteiger partial charge in [-0.2, -0.15) is 16.8 Å². The van der Waals surface area contributed by atoms with Crippen molar-refractivity contribution in [2.24, 2.45) is 20.5 Å². The Bertz CT molecular complexity index is 2170. The third kappa shape index (κ3) is 7.38. The molecule has 0 spiro atoms. The van der Waals surface area contributed by atoms with E-state index >= 15 is 0 Å². The number of H-pyrrole nitrogens is 1. The Balaban J connectivity index is 1.95. The number of fused-ring (bicyclic) bond motifs is 1. The van der Waals surface area contributed by atoms with Crippen molar-refractivity contribution in [3.05, 3.63) is 36.2 Å². The number of hydrogen-bond acceptors (Lipinski definition) is 18. The summed E-state index contributed by atoms with van der Waals surface area (Å²) in [5.41, 5.74) is -2.15. The number of benzene rings is 3. The lowest BCUT2D eigenvalue weighted by atomic mass is 10.1. The fourth-order valence-corrected chi connectivity index (χ4v) is 5.45. The van der Waals surface area contributed by atoms with Gasteiger partial charge >= 0.3 is 5.97 Å². The van der Waals surface area contributed by atoms with Crippen molar-refractivity contribution in [1.29, 1.82) is 0 Å². The zero-order valence-electron chi connectivity index (χ0n) is 22.2. The van der Waals surface area contributed by atoms with Crippen molar-refractivity contribution >= 4 is 83.6 Å². The number of carbonyl (C=O) groups is 2. The van der Waals surface area contributed by atoms with E-state index in [4.69, 9.17) is 10.4 Å². The summed E-state index contributed by atoms with van der Waals surface area (Å²) in [6, 6.07) is 4.82. The van der Waals surface area contributed by atoms with Crippen LogP contribution >= 0.6 is 12.0 Å². The van der Waals surface area contributed by atoms with Gasteiger partial charge in [0.1, 0.15) is 26.9 Å². The quantitative estimate of drug-likeness (QED) is 0.0362. The van der Waals surface area contributed by atoms with E-state index in [1.807, 2.05) is 0 Å². The van der Waals surface area contributed by atoms with Crippen molar-refractivity contribution in [2.45, 2.75) is 21.6 Å². The average Bonchev–Trinajstić information content (AvgIpc) is 3.43. The molecule has 4 rings (SSSR count). The Labute approximate surface area is 259 Å². The molecule has 4 aromatic rings. The topological polar surface area (TPSA) is 345 Å². The van der Waals surface area contributed by atoms with Crippen LogP contribution in [0.3, 0.4) is 0 Å². The predicted molar refractivity (Wildman–Crippen MR) is 150 cm³/mol. The van der Waals surface area contributed by atoms with Crippen molar-refractivity contribution in [1.82, 2.24) is 15.2 Å². The number of hydrogen-bond donors (Lipinski definition) is 8. The first-order chi connectivity index (χ1) is 21.5. The predicted octanol–water partition coefficient (Wildman–Crippen LogP) is 3.78. The molecule has 0 fully saturated rings. The molecule has 1 heterocycles. The maximum Gasteiger partial charge on any atom is 0.373 e. The van der Waals surface area contributed by atoms with Crippen LogP contribution in [0.2, 0.25) is 0 Å². The van der Waals surface area contributed by atoms with Crippen molar-refractivity contribution in [3.8, 4) is 11.5 Å². The van der Waals surface area contributed by atoms with Gasteiger partial charge in [-0.05, 0) is 35.7 Å². The van der Waals surface area contributed by atoms with E-state index in [9.17, 15) is 45.7 Å². The normalized spacial score (nSPS) is 12.3. The van der Waals surface area contributed by atoms with E-state index < -0.39 is 87.6 Å². The molecule has 22 nitrogen and oxygen atoms in total. The van der Waals surface area contributed by atoms with Crippen molar-refractivity contribution < 1.29 is 65.5 Å². The zero-order valence-corrected chi connectivity index (χ0v) is 24.7. The molecule has 0 saturated carbocycles. The van der Waals surface area contributed by atoms with Gasteiger partial charge in [0, 0.05) is 12.6 Å². The lowest BCUT2D eigenvalue weighted by molar-refractivity contribution is -0.432. The van der Waals surface area contributed by atoms with E-state index in [2.05, 4.69) is 50.3 Å². The molecule has 25 heteroatoms. The van der Waals surface area contributed by atoms with Gasteiger partial charge in [-0.25, -0.2) is 10.1 Å². The average molecular weight is 701 g/mol. The van der Waals surface area contributed by atoms with Gasteiger partial charge in [0.05, 0.1) is 22.3 Å². The maximum absolute atomic E-state index is 12.2. The molecule has 8 N–H and O–H groups in total. The highest BCUT2D eigenvalue weighted by Gasteiger charge is 2.27. The third-order valence-electron chi connectivity index (χ3n) is 5.42. The van der Waals surface area contributed by atoms with Crippen LogP contribution in [0.5, 0.6) is 11.5 Å². The van der Waals surface area contributed by atoms with E-state index in [1.165, 1.54) is 6.07 Å². The highest BCUT2D eigenvalue weighted by molar-refractivity contribution is 7.94. The number of anilines is 1. The number of phenols is 2. The first kappa shape index (κ1) is 33.7. The summed E-state index contributed by atoms with van der Waals surface area (Å²) in [7, 11) is -10.1. The van der Waals surface area contributed by atoms with E-state index in [0.29, 0.717) is 0 Å². The van der Waals surface area contributed by atoms with Crippen LogP contribution in [0.4, 0.5) is 28.7 Å². The van der Waals surface area contributed by atoms with Crippen LogP contribution in [0.25, 0.3) is 10.8 Å². The van der Waals surface area contributed by atoms with Crippen LogP contribution < -0.4 is 5.32 Å². The summed E-state index contributed by atoms with van der Waals surface area (Å²) in [6.45, 7) is 1.14. The number of phenolic OH excluding ortho intramolecular Hbond substituents is 2. The highest BCUT2D eigenvalue weighted by Crippen LogP contribution is 2.51. The van der Waals surface area contributed by atoms with Gasteiger partial charge < -0.3 is 20.6 Å². The van der Waals surface area contributed by atoms with Crippen LogP contribution in [0.1, 0.15) is 17.5 Å². The monoisotopic (exact) mass is 700 g/mol. The molecule has 242 valence electrons. The first-order valence-corrected chi connectivity index (χ1v) is 15.2. The minimum absolute atomic E-state index is 0.0388. The Morgan fingerprint density at radius 2 is 1.57 bits per heavy atom. The molecule has 0 unspecified atom stereocenters. The summed E-state index contributed by atoms with van der Waals surface area (Å²) in [5, 5.41) is 65.7. The second-order valence-electron chi connectivity index (χ2n) is 8.48. The number of aromatic nitrogens is 3. The number of aromatic carboxylic acids is 1. The molecule has 0 atom stereocenters. The Morgan fingerprint density at radius 3 is 2.15 bits per heavy atom. The molecule has 0 bridgehead atoms. The highest BCUT2D eigenvalue weighted by atomic mass is 32.2. The Morgan fingerprint density at radius 1 is 0.913 bits per heavy atom.